The summed E-state index contributed by atoms with van der Waals surface area (Å²) in [5.41, 5.74) is 6.04. The molecule has 0 radical (unpaired) electrons. The first-order valence-electron chi connectivity index (χ1n) is 14.2. The number of benzene rings is 3. The number of carbonyl (C=O) groups is 2. The van der Waals surface area contributed by atoms with Crippen molar-refractivity contribution < 1.29 is 27.5 Å². The Morgan fingerprint density at radius 1 is 1.07 bits per heavy atom. The first-order valence-corrected chi connectivity index (χ1v) is 15.2. The monoisotopic (exact) mass is 636 g/mol. The van der Waals surface area contributed by atoms with Gasteiger partial charge in [0.2, 0.25) is 5.91 Å². The van der Waals surface area contributed by atoms with E-state index in [2.05, 4.69) is 25.1 Å². The van der Waals surface area contributed by atoms with Crippen LogP contribution in [0.25, 0.3) is 17.1 Å². The summed E-state index contributed by atoms with van der Waals surface area (Å²) in [6.07, 6.45) is -2.52. The van der Waals surface area contributed by atoms with Gasteiger partial charge in [-0.3, -0.25) is 9.69 Å². The number of urea groups is 1. The first kappa shape index (κ1) is 31.8. The smallest absolute Gasteiger partial charge is 0.406 e. The molecule has 1 saturated heterocycles. The van der Waals surface area contributed by atoms with Crippen molar-refractivity contribution in [2.45, 2.75) is 46.4 Å². The minimum Gasteiger partial charge on any atom is -0.406 e. The molecular weight excluding hydrogens is 605 g/mol. The highest BCUT2D eigenvalue weighted by atomic mass is 32.2. The molecule has 1 unspecified atom stereocenters. The molecule has 234 valence electrons. The number of hydrogen-bond donors (Lipinski definition) is 1. The largest absolute Gasteiger partial charge is 0.573 e. The maximum absolute atomic E-state index is 12.9. The lowest BCUT2D eigenvalue weighted by molar-refractivity contribution is -0.274. The number of aryl methyl sites for hydroxylation is 3. The van der Waals surface area contributed by atoms with E-state index in [-0.39, 0.29) is 23.3 Å². The van der Waals surface area contributed by atoms with E-state index in [0.717, 1.165) is 39.9 Å². The normalized spacial score (nSPS) is 15.0. The predicted octanol–water partition coefficient (Wildman–Crippen LogP) is 7.10. The highest BCUT2D eigenvalue weighted by molar-refractivity contribution is 8.15. The maximum atomic E-state index is 12.9. The van der Waals surface area contributed by atoms with E-state index in [0.29, 0.717) is 23.2 Å². The van der Waals surface area contributed by atoms with Crippen molar-refractivity contribution in [2.24, 2.45) is 4.99 Å². The van der Waals surface area contributed by atoms with E-state index >= 15 is 0 Å². The van der Waals surface area contributed by atoms with Crippen LogP contribution in [0.1, 0.15) is 41.5 Å². The second-order valence-corrected chi connectivity index (χ2v) is 11.6. The van der Waals surface area contributed by atoms with Gasteiger partial charge in [-0.25, -0.2) is 14.5 Å². The summed E-state index contributed by atoms with van der Waals surface area (Å²) in [7, 11) is 0. The first-order chi connectivity index (χ1) is 21.4. The van der Waals surface area contributed by atoms with Gasteiger partial charge in [0.25, 0.3) is 0 Å². The number of aromatic nitrogens is 3. The minimum atomic E-state index is -4.76. The van der Waals surface area contributed by atoms with E-state index in [9.17, 15) is 22.8 Å². The molecule has 9 nitrogen and oxygen atoms in total. The summed E-state index contributed by atoms with van der Waals surface area (Å²) < 4.78 is 42.7. The molecule has 1 aromatic heterocycles. The Balaban J connectivity index is 1.22. The number of amides is 3. The molecular formula is C32H31F3N6O3S. The van der Waals surface area contributed by atoms with Gasteiger partial charge >= 0.3 is 12.4 Å². The van der Waals surface area contributed by atoms with E-state index in [1.807, 2.05) is 64.1 Å². The molecule has 1 atom stereocenters. The number of thioether (sulfide) groups is 1. The van der Waals surface area contributed by atoms with Crippen molar-refractivity contribution in [1.29, 1.82) is 0 Å². The van der Waals surface area contributed by atoms with Gasteiger partial charge in [0.1, 0.15) is 12.1 Å². The van der Waals surface area contributed by atoms with Gasteiger partial charge in [0.15, 0.2) is 11.0 Å². The Hall–Kier alpha value is -4.65. The molecule has 0 spiro atoms. The Kier molecular flexibility index (Phi) is 9.28. The molecule has 0 saturated carbocycles. The zero-order valence-corrected chi connectivity index (χ0v) is 25.9. The second kappa shape index (κ2) is 13.1. The van der Waals surface area contributed by atoms with E-state index < -0.39 is 12.4 Å². The molecule has 13 heteroatoms. The average molecular weight is 637 g/mol. The number of halogens is 3. The van der Waals surface area contributed by atoms with Crippen molar-refractivity contribution >= 4 is 34.6 Å². The zero-order chi connectivity index (χ0) is 32.3. The number of nitrogens with zero attached hydrogens (tertiary/aromatic N) is 5. The lowest BCUT2D eigenvalue weighted by Gasteiger charge is -2.21. The Morgan fingerprint density at radius 2 is 1.73 bits per heavy atom. The van der Waals surface area contributed by atoms with Gasteiger partial charge in [-0.05, 0) is 68.1 Å². The Labute approximate surface area is 262 Å². The van der Waals surface area contributed by atoms with Crippen LogP contribution in [-0.4, -0.2) is 50.5 Å². The van der Waals surface area contributed by atoms with Crippen molar-refractivity contribution in [3.63, 3.8) is 0 Å². The quantitative estimate of drug-likeness (QED) is 0.222. The number of ether oxygens (including phenoxy) is 1. The summed E-state index contributed by atoms with van der Waals surface area (Å²) in [6, 6.07) is 16.5. The number of alkyl halides is 3. The third-order valence-corrected chi connectivity index (χ3v) is 8.20. The van der Waals surface area contributed by atoms with Gasteiger partial charge in [0.05, 0.1) is 17.1 Å². The molecule has 3 amide bonds. The molecule has 1 N–H and O–H groups in total. The van der Waals surface area contributed by atoms with Crippen LogP contribution in [0.4, 0.5) is 23.7 Å². The number of aliphatic imine (C=N–C) groups is 1. The fraction of sp³-hybridized carbons (Fsp3) is 0.281. The third-order valence-electron chi connectivity index (χ3n) is 7.28. The SMILES string of the molecule is CCC(CNC(=O)N=C1SCC(=O)N1c1c(C)cc(C)cc1C)c1ccc(-c2ncn(-c3ccc(OC(F)(F)F)cc3)n2)cc1. The van der Waals surface area contributed by atoms with Gasteiger partial charge in [0, 0.05) is 18.0 Å². The Morgan fingerprint density at radius 3 is 2.36 bits per heavy atom. The number of amidine groups is 1. The molecule has 1 aliphatic heterocycles. The molecule has 1 fully saturated rings. The van der Waals surface area contributed by atoms with Crippen LogP contribution in [0.2, 0.25) is 0 Å². The van der Waals surface area contributed by atoms with Gasteiger partial charge in [-0.15, -0.1) is 18.3 Å². The maximum Gasteiger partial charge on any atom is 0.573 e. The van der Waals surface area contributed by atoms with Crippen molar-refractivity contribution in [3.8, 4) is 22.8 Å². The molecule has 0 bridgehead atoms. The molecule has 3 aromatic carbocycles. The summed E-state index contributed by atoms with van der Waals surface area (Å²) in [5, 5.41) is 7.70. The number of carbonyl (C=O) groups excluding carboxylic acids is 2. The molecule has 0 aliphatic carbocycles. The lowest BCUT2D eigenvalue weighted by Crippen LogP contribution is -2.33. The topological polar surface area (TPSA) is 102 Å². The average Bonchev–Trinajstić information content (AvgIpc) is 3.61. The number of rotatable bonds is 8. The number of nitrogens with one attached hydrogen (secondary N) is 1. The van der Waals surface area contributed by atoms with Crippen LogP contribution in [0, 0.1) is 20.8 Å². The van der Waals surface area contributed by atoms with E-state index in [1.165, 1.54) is 51.9 Å². The van der Waals surface area contributed by atoms with Gasteiger partial charge in [-0.2, -0.15) is 4.99 Å². The van der Waals surface area contributed by atoms with E-state index in [1.54, 1.807) is 0 Å². The van der Waals surface area contributed by atoms with Crippen molar-refractivity contribution in [2.75, 3.05) is 17.2 Å². The summed E-state index contributed by atoms with van der Waals surface area (Å²) in [5.74, 6) is 0.251. The van der Waals surface area contributed by atoms with Gasteiger partial charge in [-0.1, -0.05) is 60.6 Å². The van der Waals surface area contributed by atoms with Crippen LogP contribution >= 0.6 is 11.8 Å². The Bertz CT molecular complexity index is 1710. The fourth-order valence-electron chi connectivity index (χ4n) is 5.25. The highest BCUT2D eigenvalue weighted by Crippen LogP contribution is 2.33. The van der Waals surface area contributed by atoms with Crippen LogP contribution < -0.4 is 15.0 Å². The third kappa shape index (κ3) is 7.54. The number of anilines is 1. The standard InChI is InChI=1S/C32H31F3N6O3S/c1-5-22(16-36-30(43)38-31-41(27(42)17-45-31)28-20(3)14-19(2)15-21(28)4)23-6-8-24(9-7-23)29-37-18-40(39-29)25-10-12-26(13-11-25)44-32(33,34)35/h6-15,18,22H,5,16-17H2,1-4H3,(H,36,43). The minimum absolute atomic E-state index is 0.0155. The van der Waals surface area contributed by atoms with Crippen LogP contribution in [0.5, 0.6) is 5.75 Å². The van der Waals surface area contributed by atoms with Gasteiger partial charge < -0.3 is 10.1 Å². The van der Waals surface area contributed by atoms with Crippen LogP contribution in [0.15, 0.2) is 72.0 Å². The molecule has 2 heterocycles. The van der Waals surface area contributed by atoms with Crippen molar-refractivity contribution in [3.05, 3.63) is 89.2 Å². The van der Waals surface area contributed by atoms with Crippen LogP contribution in [0.3, 0.4) is 0 Å². The fourth-order valence-corrected chi connectivity index (χ4v) is 6.10. The summed E-state index contributed by atoms with van der Waals surface area (Å²) >= 11 is 1.25. The summed E-state index contributed by atoms with van der Waals surface area (Å²) in [6.45, 7) is 8.28. The lowest BCUT2D eigenvalue weighted by atomic mass is 9.95. The molecule has 1 aliphatic rings. The number of hydrogen-bond acceptors (Lipinski definition) is 6. The van der Waals surface area contributed by atoms with Crippen molar-refractivity contribution in [1.82, 2.24) is 20.1 Å². The second-order valence-electron chi connectivity index (χ2n) is 10.6. The van der Waals surface area contributed by atoms with Crippen LogP contribution in [-0.2, 0) is 4.79 Å². The zero-order valence-electron chi connectivity index (χ0n) is 25.1. The molecule has 5 rings (SSSR count). The predicted molar refractivity (Wildman–Crippen MR) is 168 cm³/mol. The van der Waals surface area contributed by atoms with E-state index in [4.69, 9.17) is 0 Å². The molecule has 4 aromatic rings. The highest BCUT2D eigenvalue weighted by Gasteiger charge is 2.33. The molecule has 45 heavy (non-hydrogen) atoms. The summed E-state index contributed by atoms with van der Waals surface area (Å²) in [4.78, 5) is 35.7.